The molecule has 0 saturated carbocycles. The first-order valence-corrected chi connectivity index (χ1v) is 5.24. The van der Waals surface area contributed by atoms with Crippen LogP contribution in [0.3, 0.4) is 0 Å². The summed E-state index contributed by atoms with van der Waals surface area (Å²) in [5.74, 6) is -0.489. The van der Waals surface area contributed by atoms with Gasteiger partial charge in [0.15, 0.2) is 0 Å². The Morgan fingerprint density at radius 1 is 1.25 bits per heavy atom. The molecule has 0 radical (unpaired) electrons. The Bertz CT molecular complexity index is 414. The normalized spacial score (nSPS) is 11.3. The minimum absolute atomic E-state index is 0.000139. The molecule has 16 heavy (non-hydrogen) atoms. The quantitative estimate of drug-likeness (QED) is 0.743. The molecule has 0 bridgehead atoms. The fourth-order valence-electron chi connectivity index (χ4n) is 1.45. The van der Waals surface area contributed by atoms with Gasteiger partial charge < -0.3 is 9.84 Å². The van der Waals surface area contributed by atoms with Crippen LogP contribution in [0, 0.1) is 13.8 Å². The van der Waals surface area contributed by atoms with Crippen LogP contribution in [0.25, 0.3) is 0 Å². The average Bonchev–Trinajstić information content (AvgIpc) is 2.08. The Morgan fingerprint density at radius 2 is 1.81 bits per heavy atom. The lowest BCUT2D eigenvalue weighted by atomic mass is 10.1. The molecule has 1 aromatic rings. The second-order valence-corrected chi connectivity index (χ2v) is 4.98. The minimum atomic E-state index is -0.554. The van der Waals surface area contributed by atoms with Crippen LogP contribution in [0.1, 0.15) is 42.3 Å². The number of phenolic OH excluding ortho intramolecular Hbond substituents is 1. The van der Waals surface area contributed by atoms with Gasteiger partial charge in [0.25, 0.3) is 0 Å². The van der Waals surface area contributed by atoms with Crippen LogP contribution >= 0.6 is 0 Å². The van der Waals surface area contributed by atoms with Crippen molar-refractivity contribution in [2.75, 3.05) is 0 Å². The number of hydrogen-bond acceptors (Lipinski definition) is 3. The van der Waals surface area contributed by atoms with Crippen molar-refractivity contribution in [3.63, 3.8) is 0 Å². The van der Waals surface area contributed by atoms with Crippen molar-refractivity contribution in [2.45, 2.75) is 40.2 Å². The van der Waals surface area contributed by atoms with Gasteiger partial charge in [-0.25, -0.2) is 4.79 Å². The number of carbonyl (C=O) groups excluding carboxylic acids is 1. The molecule has 0 saturated heterocycles. The number of hydrogen-bond donors (Lipinski definition) is 1. The van der Waals surface area contributed by atoms with E-state index in [4.69, 9.17) is 4.74 Å². The number of ether oxygens (including phenoxy) is 1. The summed E-state index contributed by atoms with van der Waals surface area (Å²) >= 11 is 0. The van der Waals surface area contributed by atoms with Crippen LogP contribution in [-0.2, 0) is 4.74 Å². The minimum Gasteiger partial charge on any atom is -0.507 e. The van der Waals surface area contributed by atoms with Gasteiger partial charge in [0.2, 0.25) is 0 Å². The van der Waals surface area contributed by atoms with Gasteiger partial charge in [-0.15, -0.1) is 0 Å². The summed E-state index contributed by atoms with van der Waals surface area (Å²) < 4.78 is 5.22. The Kier molecular flexibility index (Phi) is 3.27. The fourth-order valence-corrected chi connectivity index (χ4v) is 1.45. The third-order valence-electron chi connectivity index (χ3n) is 2.06. The molecule has 1 aromatic carbocycles. The van der Waals surface area contributed by atoms with Crippen molar-refractivity contribution in [2.24, 2.45) is 0 Å². The zero-order valence-electron chi connectivity index (χ0n) is 10.4. The smallest absolute Gasteiger partial charge is 0.342 e. The van der Waals surface area contributed by atoms with Crippen molar-refractivity contribution in [3.05, 3.63) is 28.8 Å². The SMILES string of the molecule is Cc1cc(C)c(O)c(C(=O)OC(C)(C)C)c1. The molecule has 1 N–H and O–H groups in total. The molecule has 0 unspecified atom stereocenters. The number of esters is 1. The topological polar surface area (TPSA) is 46.5 Å². The Hall–Kier alpha value is -1.51. The van der Waals surface area contributed by atoms with Gasteiger partial charge in [0.1, 0.15) is 16.9 Å². The Balaban J connectivity index is 3.09. The molecular weight excluding hydrogens is 204 g/mol. The van der Waals surface area contributed by atoms with E-state index in [2.05, 4.69) is 0 Å². The van der Waals surface area contributed by atoms with E-state index in [0.717, 1.165) is 5.56 Å². The second kappa shape index (κ2) is 4.16. The highest BCUT2D eigenvalue weighted by Crippen LogP contribution is 2.25. The number of carbonyl (C=O) groups is 1. The van der Waals surface area contributed by atoms with E-state index < -0.39 is 11.6 Å². The van der Waals surface area contributed by atoms with Gasteiger partial charge in [-0.05, 0) is 51.8 Å². The maximum atomic E-state index is 11.8. The molecule has 0 fully saturated rings. The molecule has 1 rings (SSSR count). The summed E-state index contributed by atoms with van der Waals surface area (Å²) in [6.07, 6.45) is 0. The highest BCUT2D eigenvalue weighted by molar-refractivity contribution is 5.93. The molecule has 0 aliphatic carbocycles. The predicted molar refractivity (Wildman–Crippen MR) is 62.7 cm³/mol. The van der Waals surface area contributed by atoms with E-state index in [9.17, 15) is 9.90 Å². The van der Waals surface area contributed by atoms with Crippen LogP contribution in [0.5, 0.6) is 5.75 Å². The summed E-state index contributed by atoms with van der Waals surface area (Å²) in [5, 5.41) is 9.79. The monoisotopic (exact) mass is 222 g/mol. The average molecular weight is 222 g/mol. The van der Waals surface area contributed by atoms with E-state index in [1.54, 1.807) is 33.8 Å². The lowest BCUT2D eigenvalue weighted by molar-refractivity contribution is 0.00665. The van der Waals surface area contributed by atoms with Gasteiger partial charge in [-0.3, -0.25) is 0 Å². The van der Waals surface area contributed by atoms with E-state index in [1.807, 2.05) is 13.0 Å². The lowest BCUT2D eigenvalue weighted by Crippen LogP contribution is -2.24. The van der Waals surface area contributed by atoms with Crippen molar-refractivity contribution >= 4 is 5.97 Å². The van der Waals surface area contributed by atoms with Crippen molar-refractivity contribution in [1.82, 2.24) is 0 Å². The Labute approximate surface area is 96.1 Å². The maximum absolute atomic E-state index is 11.8. The summed E-state index contributed by atoms with van der Waals surface area (Å²) in [5.41, 5.74) is 1.28. The molecule has 0 aromatic heterocycles. The molecule has 0 spiro atoms. The van der Waals surface area contributed by atoms with Gasteiger partial charge >= 0.3 is 5.97 Å². The first kappa shape index (κ1) is 12.6. The molecule has 0 atom stereocenters. The third kappa shape index (κ3) is 2.99. The van der Waals surface area contributed by atoms with E-state index in [1.165, 1.54) is 0 Å². The lowest BCUT2D eigenvalue weighted by Gasteiger charge is -2.20. The molecular formula is C13H18O3. The summed E-state index contributed by atoms with van der Waals surface area (Å²) in [4.78, 5) is 11.8. The van der Waals surface area contributed by atoms with Crippen molar-refractivity contribution in [3.8, 4) is 5.75 Å². The Morgan fingerprint density at radius 3 is 2.31 bits per heavy atom. The van der Waals surface area contributed by atoms with Crippen molar-refractivity contribution < 1.29 is 14.6 Å². The van der Waals surface area contributed by atoms with Gasteiger partial charge in [0.05, 0.1) is 0 Å². The van der Waals surface area contributed by atoms with E-state index >= 15 is 0 Å². The standard InChI is InChI=1S/C13H18O3/c1-8-6-9(2)11(14)10(7-8)12(15)16-13(3,4)5/h6-7,14H,1-5H3. The number of rotatable bonds is 1. The second-order valence-electron chi connectivity index (χ2n) is 4.98. The molecule has 0 aliphatic heterocycles. The number of benzene rings is 1. The molecule has 0 heterocycles. The number of phenols is 1. The van der Waals surface area contributed by atoms with Gasteiger partial charge in [-0.2, -0.15) is 0 Å². The maximum Gasteiger partial charge on any atom is 0.342 e. The highest BCUT2D eigenvalue weighted by atomic mass is 16.6. The number of aromatic hydroxyl groups is 1. The van der Waals surface area contributed by atoms with Gasteiger partial charge in [0, 0.05) is 0 Å². The highest BCUT2D eigenvalue weighted by Gasteiger charge is 2.21. The number of aryl methyl sites for hydroxylation is 2. The van der Waals surface area contributed by atoms with Crippen LogP contribution in [-0.4, -0.2) is 16.7 Å². The zero-order chi connectivity index (χ0) is 12.5. The van der Waals surface area contributed by atoms with Crippen molar-refractivity contribution in [1.29, 1.82) is 0 Å². The van der Waals surface area contributed by atoms with E-state index in [-0.39, 0.29) is 11.3 Å². The largest absolute Gasteiger partial charge is 0.507 e. The molecule has 88 valence electrons. The molecule has 3 nitrogen and oxygen atoms in total. The fraction of sp³-hybridized carbons (Fsp3) is 0.462. The molecule has 3 heteroatoms. The molecule has 0 aliphatic rings. The zero-order valence-corrected chi connectivity index (χ0v) is 10.4. The first-order valence-electron chi connectivity index (χ1n) is 5.24. The first-order chi connectivity index (χ1) is 7.20. The van der Waals surface area contributed by atoms with Crippen LogP contribution < -0.4 is 0 Å². The predicted octanol–water partition coefficient (Wildman–Crippen LogP) is 2.96. The van der Waals surface area contributed by atoms with E-state index in [0.29, 0.717) is 5.56 Å². The third-order valence-corrected chi connectivity index (χ3v) is 2.06. The summed E-state index contributed by atoms with van der Waals surface area (Å²) in [6.45, 7) is 9.02. The van der Waals surface area contributed by atoms with Gasteiger partial charge in [-0.1, -0.05) is 6.07 Å². The summed E-state index contributed by atoms with van der Waals surface area (Å²) in [6, 6.07) is 3.46. The van der Waals surface area contributed by atoms with Crippen LogP contribution in [0.2, 0.25) is 0 Å². The van der Waals surface area contributed by atoms with Crippen LogP contribution in [0.4, 0.5) is 0 Å². The molecule has 0 amide bonds. The van der Waals surface area contributed by atoms with Crippen LogP contribution in [0.15, 0.2) is 12.1 Å². The summed E-state index contributed by atoms with van der Waals surface area (Å²) in [7, 11) is 0.